The molecule has 4 nitrogen and oxygen atoms in total. The summed E-state index contributed by atoms with van der Waals surface area (Å²) in [4.78, 5) is 16.3. The number of hydrogen-bond acceptors (Lipinski definition) is 4. The standard InChI is InChI=1S/C13H19NO3S/c1-9-12(18-8-14-9)6-7-17-11-4-2-10(3-5-11)13(15)16/h8,10-11H,2-7H2,1H3,(H,15,16). The number of ether oxygens (including phenoxy) is 1. The van der Waals surface area contributed by atoms with Gasteiger partial charge in [0.15, 0.2) is 0 Å². The van der Waals surface area contributed by atoms with Crippen LogP contribution in [0.2, 0.25) is 0 Å². The first-order valence-electron chi connectivity index (χ1n) is 6.40. The number of carboxylic acids is 1. The predicted octanol–water partition coefficient (Wildman–Crippen LogP) is 2.65. The number of nitrogens with zero attached hydrogens (tertiary/aromatic N) is 1. The smallest absolute Gasteiger partial charge is 0.306 e. The summed E-state index contributed by atoms with van der Waals surface area (Å²) in [5.74, 6) is -0.817. The first-order chi connectivity index (χ1) is 8.66. The van der Waals surface area contributed by atoms with E-state index in [1.807, 2.05) is 12.4 Å². The van der Waals surface area contributed by atoms with E-state index in [0.717, 1.165) is 37.8 Å². The van der Waals surface area contributed by atoms with Crippen LogP contribution in [0.4, 0.5) is 0 Å². The third kappa shape index (κ3) is 3.53. The summed E-state index contributed by atoms with van der Waals surface area (Å²) < 4.78 is 5.83. The molecule has 0 unspecified atom stereocenters. The highest BCUT2D eigenvalue weighted by Gasteiger charge is 2.26. The van der Waals surface area contributed by atoms with Crippen molar-refractivity contribution in [1.29, 1.82) is 0 Å². The molecule has 1 fully saturated rings. The van der Waals surface area contributed by atoms with Gasteiger partial charge in [0.05, 0.1) is 29.8 Å². The van der Waals surface area contributed by atoms with Crippen LogP contribution in [0.3, 0.4) is 0 Å². The number of aliphatic carboxylic acids is 1. The second kappa shape index (κ2) is 6.29. The van der Waals surface area contributed by atoms with Crippen molar-refractivity contribution in [3.63, 3.8) is 0 Å². The van der Waals surface area contributed by atoms with E-state index in [-0.39, 0.29) is 12.0 Å². The van der Waals surface area contributed by atoms with Crippen LogP contribution >= 0.6 is 11.3 Å². The lowest BCUT2D eigenvalue weighted by Gasteiger charge is -2.26. The SMILES string of the molecule is Cc1ncsc1CCOC1CCC(C(=O)O)CC1. The fourth-order valence-corrected chi connectivity index (χ4v) is 3.12. The molecule has 0 amide bonds. The molecule has 1 aliphatic rings. The molecule has 0 aliphatic heterocycles. The lowest BCUT2D eigenvalue weighted by Crippen LogP contribution is -2.26. The topological polar surface area (TPSA) is 59.4 Å². The molecule has 2 rings (SSSR count). The van der Waals surface area contributed by atoms with E-state index in [0.29, 0.717) is 6.61 Å². The average Bonchev–Trinajstić information content (AvgIpc) is 2.76. The summed E-state index contributed by atoms with van der Waals surface area (Å²) in [6.07, 6.45) is 4.40. The predicted molar refractivity (Wildman–Crippen MR) is 69.9 cm³/mol. The van der Waals surface area contributed by atoms with Crippen LogP contribution in [0.5, 0.6) is 0 Å². The normalized spacial score (nSPS) is 24.1. The number of aryl methyl sites for hydroxylation is 1. The van der Waals surface area contributed by atoms with Gasteiger partial charge in [-0.3, -0.25) is 4.79 Å². The Hall–Kier alpha value is -0.940. The second-order valence-electron chi connectivity index (χ2n) is 4.79. The molecule has 0 bridgehead atoms. The Labute approximate surface area is 111 Å². The van der Waals surface area contributed by atoms with Crippen molar-refractivity contribution < 1.29 is 14.6 Å². The second-order valence-corrected chi connectivity index (χ2v) is 5.73. The minimum absolute atomic E-state index is 0.159. The molecule has 0 saturated heterocycles. The lowest BCUT2D eigenvalue weighted by atomic mass is 9.87. The summed E-state index contributed by atoms with van der Waals surface area (Å²) in [5, 5.41) is 8.91. The number of thiazole rings is 1. The van der Waals surface area contributed by atoms with E-state index in [1.165, 1.54) is 4.88 Å². The summed E-state index contributed by atoms with van der Waals surface area (Å²) in [6.45, 7) is 2.73. The van der Waals surface area contributed by atoms with E-state index >= 15 is 0 Å². The Kier molecular flexibility index (Phi) is 4.72. The zero-order chi connectivity index (χ0) is 13.0. The van der Waals surface area contributed by atoms with Gasteiger partial charge in [-0.25, -0.2) is 4.98 Å². The molecule has 18 heavy (non-hydrogen) atoms. The summed E-state index contributed by atoms with van der Waals surface area (Å²) >= 11 is 1.67. The first kappa shape index (κ1) is 13.5. The Balaban J connectivity index is 1.67. The van der Waals surface area contributed by atoms with Gasteiger partial charge in [0.1, 0.15) is 0 Å². The number of hydrogen-bond donors (Lipinski definition) is 1. The largest absolute Gasteiger partial charge is 0.481 e. The highest BCUT2D eigenvalue weighted by Crippen LogP contribution is 2.26. The maximum Gasteiger partial charge on any atom is 0.306 e. The molecule has 1 aliphatic carbocycles. The van der Waals surface area contributed by atoms with Gasteiger partial charge < -0.3 is 9.84 Å². The van der Waals surface area contributed by atoms with E-state index < -0.39 is 5.97 Å². The van der Waals surface area contributed by atoms with Gasteiger partial charge in [-0.15, -0.1) is 11.3 Å². The maximum absolute atomic E-state index is 10.8. The quantitative estimate of drug-likeness (QED) is 0.892. The van der Waals surface area contributed by atoms with Crippen LogP contribution in [-0.4, -0.2) is 28.8 Å². The first-order valence-corrected chi connectivity index (χ1v) is 7.28. The highest BCUT2D eigenvalue weighted by molar-refractivity contribution is 7.09. The molecule has 0 spiro atoms. The van der Waals surface area contributed by atoms with Crippen molar-refractivity contribution >= 4 is 17.3 Å². The van der Waals surface area contributed by atoms with Crippen LogP contribution < -0.4 is 0 Å². The zero-order valence-electron chi connectivity index (χ0n) is 10.6. The third-order valence-corrected chi connectivity index (χ3v) is 4.55. The van der Waals surface area contributed by atoms with Crippen molar-refractivity contribution in [1.82, 2.24) is 4.98 Å². The summed E-state index contributed by atoms with van der Waals surface area (Å²) in [7, 11) is 0. The van der Waals surface area contributed by atoms with Crippen molar-refractivity contribution in [2.45, 2.75) is 45.1 Å². The van der Waals surface area contributed by atoms with Crippen molar-refractivity contribution in [2.75, 3.05) is 6.61 Å². The number of rotatable bonds is 5. The van der Waals surface area contributed by atoms with Gasteiger partial charge in [-0.05, 0) is 32.6 Å². The van der Waals surface area contributed by atoms with Gasteiger partial charge in [0, 0.05) is 11.3 Å². The Bertz CT molecular complexity index is 397. The van der Waals surface area contributed by atoms with E-state index in [4.69, 9.17) is 9.84 Å². The Morgan fingerprint density at radius 1 is 1.50 bits per heavy atom. The fraction of sp³-hybridized carbons (Fsp3) is 0.692. The van der Waals surface area contributed by atoms with Crippen LogP contribution in [0.25, 0.3) is 0 Å². The maximum atomic E-state index is 10.8. The van der Waals surface area contributed by atoms with Crippen LogP contribution in [0.15, 0.2) is 5.51 Å². The van der Waals surface area contributed by atoms with Crippen LogP contribution in [0.1, 0.15) is 36.3 Å². The van der Waals surface area contributed by atoms with Crippen LogP contribution in [0, 0.1) is 12.8 Å². The number of aromatic nitrogens is 1. The Morgan fingerprint density at radius 3 is 2.78 bits per heavy atom. The molecular formula is C13H19NO3S. The van der Waals surface area contributed by atoms with Crippen molar-refractivity contribution in [3.05, 3.63) is 16.1 Å². The molecule has 0 aromatic carbocycles. The minimum Gasteiger partial charge on any atom is -0.481 e. The van der Waals surface area contributed by atoms with Crippen molar-refractivity contribution in [2.24, 2.45) is 5.92 Å². The molecule has 0 atom stereocenters. The molecule has 1 saturated carbocycles. The molecule has 0 radical (unpaired) electrons. The van der Waals surface area contributed by atoms with E-state index in [1.54, 1.807) is 11.3 Å². The van der Waals surface area contributed by atoms with Gasteiger partial charge in [0.25, 0.3) is 0 Å². The van der Waals surface area contributed by atoms with Gasteiger partial charge in [0.2, 0.25) is 0 Å². The lowest BCUT2D eigenvalue weighted by molar-refractivity contribution is -0.143. The van der Waals surface area contributed by atoms with Crippen LogP contribution in [-0.2, 0) is 16.0 Å². The highest BCUT2D eigenvalue weighted by atomic mass is 32.1. The minimum atomic E-state index is -0.659. The molecule has 1 N–H and O–H groups in total. The molecule has 5 heteroatoms. The van der Waals surface area contributed by atoms with Gasteiger partial charge in [-0.2, -0.15) is 0 Å². The van der Waals surface area contributed by atoms with E-state index in [9.17, 15) is 4.79 Å². The molecule has 100 valence electrons. The summed E-state index contributed by atoms with van der Waals surface area (Å²) in [5.41, 5.74) is 2.96. The molecule has 1 aromatic rings. The molecule has 1 heterocycles. The number of carbonyl (C=O) groups is 1. The Morgan fingerprint density at radius 2 is 2.22 bits per heavy atom. The average molecular weight is 269 g/mol. The van der Waals surface area contributed by atoms with Gasteiger partial charge in [-0.1, -0.05) is 0 Å². The van der Waals surface area contributed by atoms with E-state index in [2.05, 4.69) is 4.98 Å². The van der Waals surface area contributed by atoms with Gasteiger partial charge >= 0.3 is 5.97 Å². The number of carboxylic acid groups (broad SMARTS) is 1. The monoisotopic (exact) mass is 269 g/mol. The molecular weight excluding hydrogens is 250 g/mol. The molecule has 1 aromatic heterocycles. The third-order valence-electron chi connectivity index (χ3n) is 3.55. The zero-order valence-corrected chi connectivity index (χ0v) is 11.4. The van der Waals surface area contributed by atoms with Crippen molar-refractivity contribution in [3.8, 4) is 0 Å². The fourth-order valence-electron chi connectivity index (χ4n) is 2.36. The summed E-state index contributed by atoms with van der Waals surface area (Å²) in [6, 6.07) is 0.